The van der Waals surface area contributed by atoms with E-state index in [-0.39, 0.29) is 28.4 Å². The van der Waals surface area contributed by atoms with Crippen LogP contribution in [-0.4, -0.2) is 48.7 Å². The molecule has 1 N–H and O–H groups in total. The number of anilines is 2. The van der Waals surface area contributed by atoms with E-state index in [1.807, 2.05) is 18.2 Å². The molecule has 3 heterocycles. The van der Waals surface area contributed by atoms with E-state index in [0.29, 0.717) is 42.8 Å². The molecule has 2 aromatic heterocycles. The predicted octanol–water partition coefficient (Wildman–Crippen LogP) is 4.89. The fourth-order valence-electron chi connectivity index (χ4n) is 4.23. The number of hydrogen-bond donors (Lipinski definition) is 1. The van der Waals surface area contributed by atoms with E-state index in [4.69, 9.17) is 9.15 Å². The Balaban J connectivity index is 1.30. The van der Waals surface area contributed by atoms with E-state index in [0.717, 1.165) is 17.9 Å². The summed E-state index contributed by atoms with van der Waals surface area (Å²) >= 11 is 0. The number of ether oxygens (including phenoxy) is 1. The normalized spacial score (nSPS) is 14.7. The van der Waals surface area contributed by atoms with Gasteiger partial charge in [0.05, 0.1) is 16.8 Å². The van der Waals surface area contributed by atoms with Crippen molar-refractivity contribution in [1.29, 1.82) is 0 Å². The summed E-state index contributed by atoms with van der Waals surface area (Å²) in [4.78, 5) is 22.6. The van der Waals surface area contributed by atoms with Crippen LogP contribution in [0.4, 0.5) is 20.7 Å². The van der Waals surface area contributed by atoms with Crippen molar-refractivity contribution in [2.45, 2.75) is 23.7 Å². The van der Waals surface area contributed by atoms with Crippen molar-refractivity contribution in [1.82, 2.24) is 14.9 Å². The van der Waals surface area contributed by atoms with E-state index in [9.17, 15) is 17.6 Å². The summed E-state index contributed by atoms with van der Waals surface area (Å²) in [5, 5.41) is 2.87. The van der Waals surface area contributed by atoms with Crippen LogP contribution < -0.4 is 10.1 Å². The van der Waals surface area contributed by atoms with Gasteiger partial charge in [0.15, 0.2) is 21.2 Å². The van der Waals surface area contributed by atoms with Gasteiger partial charge in [0.1, 0.15) is 23.4 Å². The van der Waals surface area contributed by atoms with Gasteiger partial charge in [-0.05, 0) is 49.1 Å². The quantitative estimate of drug-likeness (QED) is 0.404. The first kappa shape index (κ1) is 23.7. The second kappa shape index (κ2) is 9.57. The van der Waals surface area contributed by atoms with E-state index < -0.39 is 15.7 Å². The van der Waals surface area contributed by atoms with E-state index in [2.05, 4.69) is 15.3 Å². The highest BCUT2D eigenvalue weighted by Crippen LogP contribution is 2.36. The number of para-hydroxylation sites is 1. The van der Waals surface area contributed by atoms with Gasteiger partial charge in [-0.2, -0.15) is 0 Å². The highest BCUT2D eigenvalue weighted by molar-refractivity contribution is 7.90. The summed E-state index contributed by atoms with van der Waals surface area (Å²) in [5.74, 6) is 0.150. The number of rotatable bonds is 5. The highest BCUT2D eigenvalue weighted by Gasteiger charge is 2.28. The Labute approximate surface area is 206 Å². The van der Waals surface area contributed by atoms with E-state index in [1.165, 1.54) is 18.5 Å². The standard InChI is InChI=1S/C25H23FN4O5S/c1-36(32,33)18-7-8-21(20(26)13-18)29-24-23-22(27-15-28-24)19(14-34-23)16-9-11-30(12-10-16)25(31)35-17-5-3-2-4-6-17/h2-8,13-16H,9-12H2,1H3,(H,27,28,29). The Kier molecular flexibility index (Phi) is 6.31. The van der Waals surface area contributed by atoms with Crippen molar-refractivity contribution in [3.63, 3.8) is 0 Å². The van der Waals surface area contributed by atoms with Crippen LogP contribution in [0, 0.1) is 5.82 Å². The molecule has 0 aliphatic carbocycles. The zero-order valence-electron chi connectivity index (χ0n) is 19.3. The Morgan fingerprint density at radius 2 is 1.89 bits per heavy atom. The molecule has 2 aromatic carbocycles. The highest BCUT2D eigenvalue weighted by atomic mass is 32.2. The lowest BCUT2D eigenvalue weighted by Gasteiger charge is -2.30. The molecule has 0 radical (unpaired) electrons. The fraction of sp³-hybridized carbons (Fsp3) is 0.240. The van der Waals surface area contributed by atoms with Crippen LogP contribution in [0.25, 0.3) is 11.1 Å². The lowest BCUT2D eigenvalue weighted by molar-refractivity contribution is 0.138. The summed E-state index contributed by atoms with van der Waals surface area (Å²) in [6.45, 7) is 1.05. The van der Waals surface area contributed by atoms with E-state index in [1.54, 1.807) is 23.3 Å². The van der Waals surface area contributed by atoms with Crippen LogP contribution in [0.15, 0.2) is 70.4 Å². The summed E-state index contributed by atoms with van der Waals surface area (Å²) in [7, 11) is -3.53. The number of carbonyl (C=O) groups excluding carboxylic acids is 1. The van der Waals surface area contributed by atoms with Gasteiger partial charge < -0.3 is 19.4 Å². The van der Waals surface area contributed by atoms with Gasteiger partial charge in [-0.25, -0.2) is 27.6 Å². The molecule has 0 unspecified atom stereocenters. The molecule has 186 valence electrons. The average molecular weight is 511 g/mol. The first-order valence-electron chi connectivity index (χ1n) is 11.3. The third-order valence-corrected chi connectivity index (χ3v) is 7.25. The predicted molar refractivity (Wildman–Crippen MR) is 131 cm³/mol. The number of hydrogen-bond acceptors (Lipinski definition) is 8. The number of sulfone groups is 1. The van der Waals surface area contributed by atoms with Gasteiger partial charge in [-0.15, -0.1) is 0 Å². The number of furan rings is 1. The molecule has 1 fully saturated rings. The maximum absolute atomic E-state index is 14.6. The third kappa shape index (κ3) is 4.87. The lowest BCUT2D eigenvalue weighted by atomic mass is 9.90. The number of nitrogens with one attached hydrogen (secondary N) is 1. The minimum Gasteiger partial charge on any atom is -0.458 e. The molecule has 1 aliphatic heterocycles. The maximum Gasteiger partial charge on any atom is 0.415 e. The maximum atomic E-state index is 14.6. The van der Waals surface area contributed by atoms with Gasteiger partial charge >= 0.3 is 6.09 Å². The molecule has 0 bridgehead atoms. The van der Waals surface area contributed by atoms with Gasteiger partial charge in [-0.3, -0.25) is 0 Å². The number of piperidine rings is 1. The Hall–Kier alpha value is -3.99. The molecule has 1 aliphatic rings. The number of fused-ring (bicyclic) bond motifs is 1. The first-order valence-corrected chi connectivity index (χ1v) is 13.2. The Morgan fingerprint density at radius 1 is 1.14 bits per heavy atom. The third-order valence-electron chi connectivity index (χ3n) is 6.14. The second-order valence-corrected chi connectivity index (χ2v) is 10.6. The Morgan fingerprint density at radius 3 is 2.58 bits per heavy atom. The molecule has 0 saturated carbocycles. The molecule has 1 saturated heterocycles. The molecular formula is C25H23FN4O5S. The summed E-state index contributed by atoms with van der Waals surface area (Å²) < 4.78 is 49.1. The largest absolute Gasteiger partial charge is 0.458 e. The molecule has 9 nitrogen and oxygen atoms in total. The van der Waals surface area contributed by atoms with Crippen LogP contribution in [0.3, 0.4) is 0 Å². The van der Waals surface area contributed by atoms with Crippen molar-refractivity contribution in [2.75, 3.05) is 24.7 Å². The average Bonchev–Trinajstić information content (AvgIpc) is 3.30. The molecule has 36 heavy (non-hydrogen) atoms. The number of carbonyl (C=O) groups is 1. The van der Waals surface area contributed by atoms with Crippen molar-refractivity contribution in [3.05, 3.63) is 72.5 Å². The fourth-order valence-corrected chi connectivity index (χ4v) is 4.86. The molecule has 1 amide bonds. The van der Waals surface area contributed by atoms with Crippen molar-refractivity contribution < 1.29 is 26.8 Å². The Bertz CT molecular complexity index is 1520. The lowest BCUT2D eigenvalue weighted by Crippen LogP contribution is -2.39. The zero-order chi connectivity index (χ0) is 25.3. The number of benzene rings is 2. The number of aromatic nitrogens is 2. The number of halogens is 1. The van der Waals surface area contributed by atoms with Gasteiger partial charge in [0, 0.05) is 24.9 Å². The molecule has 4 aromatic rings. The molecule has 0 spiro atoms. The zero-order valence-corrected chi connectivity index (χ0v) is 20.2. The summed E-state index contributed by atoms with van der Waals surface area (Å²) in [6, 6.07) is 12.6. The molecule has 0 atom stereocenters. The van der Waals surface area contributed by atoms with Crippen molar-refractivity contribution in [2.24, 2.45) is 0 Å². The van der Waals surface area contributed by atoms with Crippen molar-refractivity contribution in [3.8, 4) is 5.75 Å². The number of amides is 1. The van der Waals surface area contributed by atoms with Gasteiger partial charge in [-0.1, -0.05) is 18.2 Å². The van der Waals surface area contributed by atoms with Crippen LogP contribution in [-0.2, 0) is 9.84 Å². The minimum absolute atomic E-state index is 0.0607. The van der Waals surface area contributed by atoms with Crippen LogP contribution in [0.5, 0.6) is 5.75 Å². The minimum atomic E-state index is -3.53. The van der Waals surface area contributed by atoms with Gasteiger partial charge in [0.25, 0.3) is 0 Å². The van der Waals surface area contributed by atoms with Crippen LogP contribution in [0.1, 0.15) is 24.3 Å². The summed E-state index contributed by atoms with van der Waals surface area (Å²) in [5.41, 5.74) is 1.92. The molecular weight excluding hydrogens is 487 g/mol. The van der Waals surface area contributed by atoms with E-state index >= 15 is 0 Å². The monoisotopic (exact) mass is 510 g/mol. The molecule has 11 heteroatoms. The number of likely N-dealkylation sites (tertiary alicyclic amines) is 1. The first-order chi connectivity index (χ1) is 17.3. The topological polar surface area (TPSA) is 115 Å². The van der Waals surface area contributed by atoms with Gasteiger partial charge in [0.2, 0.25) is 0 Å². The van der Waals surface area contributed by atoms with Crippen LogP contribution in [0.2, 0.25) is 0 Å². The van der Waals surface area contributed by atoms with Crippen molar-refractivity contribution >= 4 is 38.5 Å². The van der Waals surface area contributed by atoms with Crippen LogP contribution >= 0.6 is 0 Å². The number of nitrogens with zero attached hydrogens (tertiary/aromatic N) is 3. The smallest absolute Gasteiger partial charge is 0.415 e. The molecule has 5 rings (SSSR count). The SMILES string of the molecule is CS(=O)(=O)c1ccc(Nc2ncnc3c(C4CCN(C(=O)Oc5ccccc5)CC4)coc23)c(F)c1. The summed E-state index contributed by atoms with van der Waals surface area (Å²) in [6.07, 6.45) is 5.02. The second-order valence-electron chi connectivity index (χ2n) is 8.57.